The molecule has 2 aromatic rings. The number of carbonyl (C=O) groups is 1. The number of alkyl halides is 3. The Labute approximate surface area is 159 Å². The van der Waals surface area contributed by atoms with E-state index in [0.29, 0.717) is 12.3 Å². The number of carboxylic acid groups (broad SMARTS) is 1. The molecule has 150 valence electrons. The number of aromatic carboxylic acids is 1. The molecule has 1 atom stereocenters. The number of rotatable bonds is 7. The number of carboxylic acids is 1. The molecular formula is C19H20F3N3O3. The molecule has 1 aromatic carbocycles. The van der Waals surface area contributed by atoms with Gasteiger partial charge in [-0.1, -0.05) is 12.1 Å². The maximum absolute atomic E-state index is 12.4. The van der Waals surface area contributed by atoms with Crippen LogP contribution in [0.15, 0.2) is 30.5 Å². The second-order valence-corrected chi connectivity index (χ2v) is 6.61. The predicted octanol–water partition coefficient (Wildman–Crippen LogP) is 4.04. The van der Waals surface area contributed by atoms with Crippen LogP contribution in [0, 0.1) is 0 Å². The van der Waals surface area contributed by atoms with Crippen molar-refractivity contribution < 1.29 is 27.8 Å². The Bertz CT molecular complexity index is 843. The van der Waals surface area contributed by atoms with Gasteiger partial charge in [0.25, 0.3) is 0 Å². The number of anilines is 1. The summed E-state index contributed by atoms with van der Waals surface area (Å²) in [6, 6.07) is 6.77. The van der Waals surface area contributed by atoms with Gasteiger partial charge in [-0.05, 0) is 42.5 Å². The lowest BCUT2D eigenvalue weighted by molar-refractivity contribution is -0.139. The van der Waals surface area contributed by atoms with Crippen molar-refractivity contribution >= 4 is 11.8 Å². The number of nitrogens with one attached hydrogen (secondary N) is 1. The third kappa shape index (κ3) is 4.90. The number of halogens is 3. The summed E-state index contributed by atoms with van der Waals surface area (Å²) in [5.41, 5.74) is 1.96. The van der Waals surface area contributed by atoms with Crippen molar-refractivity contribution in [2.45, 2.75) is 37.8 Å². The Morgan fingerprint density at radius 2 is 2.14 bits per heavy atom. The molecule has 1 aromatic heterocycles. The van der Waals surface area contributed by atoms with Crippen LogP contribution < -0.4 is 10.1 Å². The maximum Gasteiger partial charge on any atom is 0.392 e. The maximum atomic E-state index is 12.4. The SMILES string of the molecule is O=C(O)c1ccnnc1NCC1CCCc2c(OCCC(F)(F)F)cccc21. The zero-order valence-corrected chi connectivity index (χ0v) is 15.0. The normalized spacial score (nSPS) is 16.3. The first kappa shape index (κ1) is 19.9. The van der Waals surface area contributed by atoms with Crippen molar-refractivity contribution in [2.75, 3.05) is 18.5 Å². The predicted molar refractivity (Wildman–Crippen MR) is 95.8 cm³/mol. The van der Waals surface area contributed by atoms with Crippen molar-refractivity contribution in [3.63, 3.8) is 0 Å². The van der Waals surface area contributed by atoms with Crippen molar-refractivity contribution in [1.29, 1.82) is 0 Å². The van der Waals surface area contributed by atoms with Crippen molar-refractivity contribution in [3.8, 4) is 5.75 Å². The molecule has 0 amide bonds. The van der Waals surface area contributed by atoms with Gasteiger partial charge >= 0.3 is 12.1 Å². The third-order valence-corrected chi connectivity index (χ3v) is 4.70. The largest absolute Gasteiger partial charge is 0.493 e. The van der Waals surface area contributed by atoms with Crippen molar-refractivity contribution in [3.05, 3.63) is 47.2 Å². The lowest BCUT2D eigenvalue weighted by atomic mass is 9.82. The molecule has 6 nitrogen and oxygen atoms in total. The highest BCUT2D eigenvalue weighted by atomic mass is 19.4. The van der Waals surface area contributed by atoms with Crippen molar-refractivity contribution in [1.82, 2.24) is 10.2 Å². The van der Waals surface area contributed by atoms with E-state index in [0.717, 1.165) is 30.4 Å². The first-order chi connectivity index (χ1) is 13.3. The van der Waals surface area contributed by atoms with E-state index in [-0.39, 0.29) is 17.3 Å². The molecule has 1 unspecified atom stereocenters. The first-order valence-corrected chi connectivity index (χ1v) is 8.95. The lowest BCUT2D eigenvalue weighted by Crippen LogP contribution is -2.21. The summed E-state index contributed by atoms with van der Waals surface area (Å²) in [4.78, 5) is 11.3. The van der Waals surface area contributed by atoms with E-state index in [1.807, 2.05) is 6.07 Å². The molecule has 0 saturated heterocycles. The highest BCUT2D eigenvalue weighted by Crippen LogP contribution is 2.37. The van der Waals surface area contributed by atoms with E-state index in [2.05, 4.69) is 15.5 Å². The molecule has 9 heteroatoms. The van der Waals surface area contributed by atoms with E-state index in [1.165, 1.54) is 12.3 Å². The average molecular weight is 395 g/mol. The van der Waals surface area contributed by atoms with E-state index < -0.39 is 25.2 Å². The number of hydrogen-bond donors (Lipinski definition) is 2. The highest BCUT2D eigenvalue weighted by Gasteiger charge is 2.28. The molecule has 0 saturated carbocycles. The van der Waals surface area contributed by atoms with Crippen LogP contribution in [0.5, 0.6) is 5.75 Å². The molecule has 1 heterocycles. The molecule has 0 aliphatic heterocycles. The van der Waals surface area contributed by atoms with Gasteiger partial charge in [-0.15, -0.1) is 5.10 Å². The summed E-state index contributed by atoms with van der Waals surface area (Å²) < 4.78 is 42.5. The van der Waals surface area contributed by atoms with E-state index in [1.54, 1.807) is 12.1 Å². The first-order valence-electron chi connectivity index (χ1n) is 8.95. The van der Waals surface area contributed by atoms with Crippen LogP contribution in [-0.2, 0) is 6.42 Å². The molecule has 1 aliphatic carbocycles. The lowest BCUT2D eigenvalue weighted by Gasteiger charge is -2.27. The Hall–Kier alpha value is -2.84. The molecule has 0 fully saturated rings. The van der Waals surface area contributed by atoms with Crippen LogP contribution in [0.25, 0.3) is 0 Å². The number of fused-ring (bicyclic) bond motifs is 1. The quantitative estimate of drug-likeness (QED) is 0.736. The van der Waals surface area contributed by atoms with Crippen LogP contribution in [-0.4, -0.2) is 40.6 Å². The zero-order chi connectivity index (χ0) is 20.1. The highest BCUT2D eigenvalue weighted by molar-refractivity contribution is 5.92. The van der Waals surface area contributed by atoms with Gasteiger partial charge in [0.15, 0.2) is 5.82 Å². The van der Waals surface area contributed by atoms with Gasteiger partial charge in [0.1, 0.15) is 11.3 Å². The second-order valence-electron chi connectivity index (χ2n) is 6.61. The minimum absolute atomic E-state index is 0.0373. The van der Waals surface area contributed by atoms with Gasteiger partial charge in [-0.2, -0.15) is 18.3 Å². The molecule has 0 spiro atoms. The minimum Gasteiger partial charge on any atom is -0.493 e. The van der Waals surface area contributed by atoms with Crippen LogP contribution in [0.4, 0.5) is 19.0 Å². The Morgan fingerprint density at radius 1 is 1.32 bits per heavy atom. The molecule has 1 aliphatic rings. The smallest absolute Gasteiger partial charge is 0.392 e. The summed E-state index contributed by atoms with van der Waals surface area (Å²) in [6.45, 7) is 0.0302. The monoisotopic (exact) mass is 395 g/mol. The fourth-order valence-electron chi connectivity index (χ4n) is 3.39. The van der Waals surface area contributed by atoms with Gasteiger partial charge in [0.2, 0.25) is 0 Å². The number of ether oxygens (including phenoxy) is 1. The minimum atomic E-state index is -4.25. The third-order valence-electron chi connectivity index (χ3n) is 4.70. The topological polar surface area (TPSA) is 84.3 Å². The molecular weight excluding hydrogens is 375 g/mol. The molecule has 0 bridgehead atoms. The Morgan fingerprint density at radius 3 is 2.89 bits per heavy atom. The van der Waals surface area contributed by atoms with E-state index >= 15 is 0 Å². The number of hydrogen-bond acceptors (Lipinski definition) is 5. The fraction of sp³-hybridized carbons (Fsp3) is 0.421. The number of aromatic nitrogens is 2. The van der Waals surface area contributed by atoms with Gasteiger partial charge in [0.05, 0.1) is 19.2 Å². The van der Waals surface area contributed by atoms with Crippen LogP contribution >= 0.6 is 0 Å². The average Bonchev–Trinajstić information content (AvgIpc) is 2.65. The summed E-state index contributed by atoms with van der Waals surface area (Å²) in [5.74, 6) is -0.350. The number of nitrogens with zero attached hydrogens (tertiary/aromatic N) is 2. The summed E-state index contributed by atoms with van der Waals surface area (Å²) >= 11 is 0. The zero-order valence-electron chi connectivity index (χ0n) is 15.0. The van der Waals surface area contributed by atoms with E-state index in [4.69, 9.17) is 4.74 Å². The Kier molecular flexibility index (Phi) is 6.01. The molecule has 3 rings (SSSR count). The Balaban J connectivity index is 1.72. The summed E-state index contributed by atoms with van der Waals surface area (Å²) in [7, 11) is 0. The van der Waals surface area contributed by atoms with Crippen LogP contribution in [0.1, 0.15) is 46.7 Å². The number of benzene rings is 1. The van der Waals surface area contributed by atoms with Crippen LogP contribution in [0.2, 0.25) is 0 Å². The van der Waals surface area contributed by atoms with Gasteiger partial charge in [-0.3, -0.25) is 0 Å². The van der Waals surface area contributed by atoms with Crippen molar-refractivity contribution in [2.24, 2.45) is 0 Å². The molecule has 2 N–H and O–H groups in total. The molecule has 0 radical (unpaired) electrons. The van der Waals surface area contributed by atoms with Crippen LogP contribution in [0.3, 0.4) is 0 Å². The molecule has 28 heavy (non-hydrogen) atoms. The van der Waals surface area contributed by atoms with E-state index in [9.17, 15) is 23.1 Å². The fourth-order valence-corrected chi connectivity index (χ4v) is 3.39. The summed E-state index contributed by atoms with van der Waals surface area (Å²) in [5, 5.41) is 19.8. The van der Waals surface area contributed by atoms with Gasteiger partial charge < -0.3 is 15.2 Å². The summed E-state index contributed by atoms with van der Waals surface area (Å²) in [6.07, 6.45) is -1.46. The van der Waals surface area contributed by atoms with Gasteiger partial charge in [-0.25, -0.2) is 4.79 Å². The second kappa shape index (κ2) is 8.45. The van der Waals surface area contributed by atoms with Gasteiger partial charge in [0, 0.05) is 12.5 Å². The standard InChI is InChI=1S/C19H20F3N3O3/c20-19(21,22)8-10-28-16-6-2-4-13-12(3-1-5-14(13)16)11-23-17-15(18(26)27)7-9-24-25-17/h2,4,6-7,9,12H,1,3,5,8,10-11H2,(H,23,25)(H,26,27).